The van der Waals surface area contributed by atoms with Gasteiger partial charge < -0.3 is 19.5 Å². The molecule has 1 fully saturated rings. The number of hydrogen-bond donors (Lipinski definition) is 1. The fraction of sp³-hybridized carbons (Fsp3) is 0.375. The highest BCUT2D eigenvalue weighted by Crippen LogP contribution is 2.41. The van der Waals surface area contributed by atoms with Crippen molar-refractivity contribution in [3.8, 4) is 17.2 Å². The first kappa shape index (κ1) is 20.8. The van der Waals surface area contributed by atoms with E-state index in [-0.39, 0.29) is 11.3 Å². The van der Waals surface area contributed by atoms with Crippen LogP contribution in [0.25, 0.3) is 6.08 Å². The Morgan fingerprint density at radius 3 is 2.17 bits per heavy atom. The molecule has 0 spiro atoms. The molecule has 1 aliphatic carbocycles. The van der Waals surface area contributed by atoms with E-state index in [0.29, 0.717) is 23.8 Å². The Labute approximate surface area is 172 Å². The molecule has 1 amide bonds. The van der Waals surface area contributed by atoms with Crippen molar-refractivity contribution in [2.45, 2.75) is 31.1 Å². The van der Waals surface area contributed by atoms with Gasteiger partial charge in [-0.2, -0.15) is 0 Å². The maximum atomic E-state index is 12.5. The number of amides is 1. The molecule has 0 aromatic heterocycles. The standard InChI is InChI=1S/C24H29NO4/c1-27-20-15-18(16-21(28-2)23(20)29-3)11-12-22(26)25-17-24(13-7-8-14-24)19-9-5-4-6-10-19/h4-6,9-12,15-16H,7-8,13-14,17H2,1-3H3,(H,25,26)/b12-11+. The van der Waals surface area contributed by atoms with Gasteiger partial charge in [-0.25, -0.2) is 0 Å². The van der Waals surface area contributed by atoms with Crippen LogP contribution in [0.1, 0.15) is 36.8 Å². The number of carbonyl (C=O) groups excluding carboxylic acids is 1. The summed E-state index contributed by atoms with van der Waals surface area (Å²) in [4.78, 5) is 12.5. The molecule has 1 saturated carbocycles. The Bertz CT molecular complexity index is 829. The second-order valence-corrected chi connectivity index (χ2v) is 7.36. The summed E-state index contributed by atoms with van der Waals surface area (Å²) in [7, 11) is 4.71. The van der Waals surface area contributed by atoms with Crippen molar-refractivity contribution in [1.29, 1.82) is 0 Å². The lowest BCUT2D eigenvalue weighted by Crippen LogP contribution is -2.38. The third-order valence-electron chi connectivity index (χ3n) is 5.66. The van der Waals surface area contributed by atoms with Gasteiger partial charge in [-0.15, -0.1) is 0 Å². The van der Waals surface area contributed by atoms with Crippen molar-refractivity contribution in [3.05, 3.63) is 59.7 Å². The highest BCUT2D eigenvalue weighted by molar-refractivity contribution is 5.92. The predicted molar refractivity (Wildman–Crippen MR) is 115 cm³/mol. The molecule has 1 aliphatic rings. The van der Waals surface area contributed by atoms with Crippen LogP contribution in [0, 0.1) is 0 Å². The minimum absolute atomic E-state index is 0.0390. The molecule has 0 atom stereocenters. The van der Waals surface area contributed by atoms with Crippen molar-refractivity contribution in [2.24, 2.45) is 0 Å². The number of carbonyl (C=O) groups is 1. The first-order valence-electron chi connectivity index (χ1n) is 9.93. The molecule has 2 aromatic carbocycles. The molecule has 5 heteroatoms. The van der Waals surface area contributed by atoms with Gasteiger partial charge in [0.15, 0.2) is 11.5 Å². The summed E-state index contributed by atoms with van der Waals surface area (Å²) in [5.74, 6) is 1.53. The minimum Gasteiger partial charge on any atom is -0.493 e. The molecule has 5 nitrogen and oxygen atoms in total. The van der Waals surface area contributed by atoms with E-state index >= 15 is 0 Å². The van der Waals surface area contributed by atoms with Crippen LogP contribution in [0.4, 0.5) is 0 Å². The van der Waals surface area contributed by atoms with Crippen LogP contribution in [0.5, 0.6) is 17.2 Å². The van der Waals surface area contributed by atoms with Gasteiger partial charge in [-0.3, -0.25) is 4.79 Å². The smallest absolute Gasteiger partial charge is 0.244 e. The largest absolute Gasteiger partial charge is 0.493 e. The first-order chi connectivity index (χ1) is 14.1. The highest BCUT2D eigenvalue weighted by Gasteiger charge is 2.35. The second kappa shape index (κ2) is 9.50. The van der Waals surface area contributed by atoms with E-state index in [1.165, 1.54) is 18.4 Å². The fourth-order valence-corrected chi connectivity index (χ4v) is 4.10. The zero-order chi connectivity index (χ0) is 20.7. The number of rotatable bonds is 8. The molecule has 0 bridgehead atoms. The number of nitrogens with one attached hydrogen (secondary N) is 1. The minimum atomic E-state index is -0.110. The van der Waals surface area contributed by atoms with E-state index in [4.69, 9.17) is 14.2 Å². The van der Waals surface area contributed by atoms with Gasteiger partial charge in [0.05, 0.1) is 21.3 Å². The summed E-state index contributed by atoms with van der Waals surface area (Å²) < 4.78 is 16.1. The number of ether oxygens (including phenoxy) is 3. The van der Waals surface area contributed by atoms with Gasteiger partial charge in [0.1, 0.15) is 0 Å². The summed E-state index contributed by atoms with van der Waals surface area (Å²) in [5.41, 5.74) is 2.15. The molecule has 29 heavy (non-hydrogen) atoms. The van der Waals surface area contributed by atoms with E-state index in [1.807, 2.05) is 18.2 Å². The third-order valence-corrected chi connectivity index (χ3v) is 5.66. The fourth-order valence-electron chi connectivity index (χ4n) is 4.10. The third kappa shape index (κ3) is 4.73. The van der Waals surface area contributed by atoms with Crippen LogP contribution in [0.3, 0.4) is 0 Å². The van der Waals surface area contributed by atoms with E-state index in [9.17, 15) is 4.79 Å². The molecule has 0 aliphatic heterocycles. The second-order valence-electron chi connectivity index (χ2n) is 7.36. The van der Waals surface area contributed by atoms with Crippen LogP contribution in [-0.4, -0.2) is 33.8 Å². The molecule has 0 saturated heterocycles. The monoisotopic (exact) mass is 395 g/mol. The van der Waals surface area contributed by atoms with Crippen molar-refractivity contribution < 1.29 is 19.0 Å². The molecule has 0 unspecified atom stereocenters. The molecule has 0 heterocycles. The number of hydrogen-bond acceptors (Lipinski definition) is 4. The zero-order valence-corrected chi connectivity index (χ0v) is 17.4. The van der Waals surface area contributed by atoms with Crippen molar-refractivity contribution >= 4 is 12.0 Å². The first-order valence-corrected chi connectivity index (χ1v) is 9.93. The van der Waals surface area contributed by atoms with E-state index in [2.05, 4.69) is 29.6 Å². The maximum Gasteiger partial charge on any atom is 0.244 e. The molecule has 154 valence electrons. The van der Waals surface area contributed by atoms with E-state index < -0.39 is 0 Å². The maximum absolute atomic E-state index is 12.5. The molecule has 2 aromatic rings. The number of methoxy groups -OCH3 is 3. The van der Waals surface area contributed by atoms with Crippen LogP contribution >= 0.6 is 0 Å². The Hall–Kier alpha value is -2.95. The van der Waals surface area contributed by atoms with Gasteiger partial charge in [0, 0.05) is 18.0 Å². The van der Waals surface area contributed by atoms with Crippen LogP contribution in [0.15, 0.2) is 48.5 Å². The SMILES string of the molecule is COc1cc(/C=C/C(=O)NCC2(c3ccccc3)CCCC2)cc(OC)c1OC. The Kier molecular flexibility index (Phi) is 6.81. The summed E-state index contributed by atoms with van der Waals surface area (Å²) in [6, 6.07) is 14.1. The van der Waals surface area contributed by atoms with E-state index in [1.54, 1.807) is 33.5 Å². The Morgan fingerprint density at radius 1 is 1.00 bits per heavy atom. The van der Waals surface area contributed by atoms with Gasteiger partial charge in [-0.05, 0) is 42.2 Å². The summed E-state index contributed by atoms with van der Waals surface area (Å²) in [6.07, 6.45) is 7.91. The lowest BCUT2D eigenvalue weighted by Gasteiger charge is -2.29. The number of benzene rings is 2. The summed E-state index contributed by atoms with van der Waals surface area (Å²) >= 11 is 0. The van der Waals surface area contributed by atoms with Gasteiger partial charge in [0.25, 0.3) is 0 Å². The molecule has 3 rings (SSSR count). The zero-order valence-electron chi connectivity index (χ0n) is 17.4. The van der Waals surface area contributed by atoms with E-state index in [0.717, 1.165) is 18.4 Å². The molecule has 1 N–H and O–H groups in total. The molecular weight excluding hydrogens is 366 g/mol. The summed E-state index contributed by atoms with van der Waals surface area (Å²) in [6.45, 7) is 0.648. The average molecular weight is 395 g/mol. The Morgan fingerprint density at radius 2 is 1.62 bits per heavy atom. The van der Waals surface area contributed by atoms with Gasteiger partial charge in [0.2, 0.25) is 11.7 Å². The predicted octanol–water partition coefficient (Wildman–Crippen LogP) is 4.35. The molecular formula is C24H29NO4. The average Bonchev–Trinajstić information content (AvgIpc) is 3.26. The Balaban J connectivity index is 1.70. The van der Waals surface area contributed by atoms with Crippen molar-refractivity contribution in [1.82, 2.24) is 5.32 Å². The van der Waals surface area contributed by atoms with Crippen LogP contribution in [0.2, 0.25) is 0 Å². The topological polar surface area (TPSA) is 56.8 Å². The quantitative estimate of drug-likeness (QED) is 0.675. The highest BCUT2D eigenvalue weighted by atomic mass is 16.5. The van der Waals surface area contributed by atoms with Gasteiger partial charge >= 0.3 is 0 Å². The molecule has 0 radical (unpaired) electrons. The van der Waals surface area contributed by atoms with Crippen molar-refractivity contribution in [2.75, 3.05) is 27.9 Å². The normalized spacial score (nSPS) is 15.3. The lowest BCUT2D eigenvalue weighted by molar-refractivity contribution is -0.116. The lowest BCUT2D eigenvalue weighted by atomic mass is 9.79. The van der Waals surface area contributed by atoms with Crippen LogP contribution < -0.4 is 19.5 Å². The summed E-state index contributed by atoms with van der Waals surface area (Å²) in [5, 5.41) is 3.10. The van der Waals surface area contributed by atoms with Crippen LogP contribution in [-0.2, 0) is 10.2 Å². The van der Waals surface area contributed by atoms with Crippen molar-refractivity contribution in [3.63, 3.8) is 0 Å². The van der Waals surface area contributed by atoms with Gasteiger partial charge in [-0.1, -0.05) is 43.2 Å².